The Hall–Kier alpha value is -2.20. The van der Waals surface area contributed by atoms with E-state index in [2.05, 4.69) is 27.5 Å². The number of benzene rings is 1. The van der Waals surface area contributed by atoms with Gasteiger partial charge in [-0.3, -0.25) is 4.99 Å². The van der Waals surface area contributed by atoms with E-state index in [0.29, 0.717) is 24.6 Å². The Morgan fingerprint density at radius 3 is 2.56 bits per heavy atom. The third-order valence-electron chi connectivity index (χ3n) is 3.28. The number of guanidine groups is 1. The molecule has 0 fully saturated rings. The molecule has 1 aromatic carbocycles. The number of hydrogen-bond acceptors (Lipinski definition) is 2. The van der Waals surface area contributed by atoms with Gasteiger partial charge in [-0.2, -0.15) is 13.2 Å². The van der Waals surface area contributed by atoms with Crippen molar-refractivity contribution in [3.05, 3.63) is 35.4 Å². The predicted molar refractivity (Wildman–Crippen MR) is 93.4 cm³/mol. The normalized spacial score (nSPS) is 12.4. The molecular weight excluding hydrogens is 331 g/mol. The summed E-state index contributed by atoms with van der Waals surface area (Å²) in [7, 11) is 1.62. The van der Waals surface area contributed by atoms with Crippen LogP contribution in [0.5, 0.6) is 0 Å². The zero-order valence-corrected chi connectivity index (χ0v) is 14.9. The summed E-state index contributed by atoms with van der Waals surface area (Å²) in [6, 6.07) is 4.95. The van der Waals surface area contributed by atoms with Crippen LogP contribution in [-0.2, 0) is 10.9 Å². The summed E-state index contributed by atoms with van der Waals surface area (Å²) in [5, 5.41) is 6.09. The van der Waals surface area contributed by atoms with Gasteiger partial charge in [-0.05, 0) is 39.0 Å². The lowest BCUT2D eigenvalue weighted by Crippen LogP contribution is -2.39. The molecule has 0 radical (unpaired) electrons. The first-order valence-corrected chi connectivity index (χ1v) is 7.91. The van der Waals surface area contributed by atoms with Crippen LogP contribution in [0.3, 0.4) is 0 Å². The van der Waals surface area contributed by atoms with Crippen molar-refractivity contribution in [2.24, 2.45) is 4.99 Å². The molecular formula is C18H24F3N3O. The van der Waals surface area contributed by atoms with Crippen LogP contribution in [0.25, 0.3) is 0 Å². The summed E-state index contributed by atoms with van der Waals surface area (Å²) < 4.78 is 43.3. The van der Waals surface area contributed by atoms with E-state index in [1.807, 2.05) is 20.8 Å². The smallest absolute Gasteiger partial charge is 0.377 e. The molecule has 7 heteroatoms. The molecule has 4 nitrogen and oxygen atoms in total. The van der Waals surface area contributed by atoms with E-state index in [4.69, 9.17) is 4.74 Å². The molecule has 2 N–H and O–H groups in total. The van der Waals surface area contributed by atoms with Gasteiger partial charge in [-0.1, -0.05) is 17.9 Å². The molecule has 0 aliphatic heterocycles. The maximum atomic E-state index is 12.7. The second-order valence-electron chi connectivity index (χ2n) is 5.89. The number of nitrogens with zero attached hydrogens (tertiary/aromatic N) is 1. The van der Waals surface area contributed by atoms with Crippen molar-refractivity contribution in [3.8, 4) is 11.8 Å². The molecule has 1 rings (SSSR count). The van der Waals surface area contributed by atoms with E-state index in [-0.39, 0.29) is 12.1 Å². The van der Waals surface area contributed by atoms with Gasteiger partial charge in [0.05, 0.1) is 24.3 Å². The van der Waals surface area contributed by atoms with Gasteiger partial charge < -0.3 is 15.4 Å². The first-order valence-electron chi connectivity index (χ1n) is 7.91. The number of halogens is 3. The highest BCUT2D eigenvalue weighted by Gasteiger charge is 2.30. The summed E-state index contributed by atoms with van der Waals surface area (Å²) >= 11 is 0. The summed E-state index contributed by atoms with van der Waals surface area (Å²) in [6.07, 6.45) is -4.37. The minimum atomic E-state index is -4.37. The Labute approximate surface area is 146 Å². The fourth-order valence-electron chi connectivity index (χ4n) is 1.72. The molecule has 0 atom stereocenters. The van der Waals surface area contributed by atoms with Crippen LogP contribution in [0.4, 0.5) is 13.2 Å². The van der Waals surface area contributed by atoms with Crippen LogP contribution < -0.4 is 10.6 Å². The van der Waals surface area contributed by atoms with Gasteiger partial charge in [0.15, 0.2) is 5.96 Å². The molecule has 0 unspecified atom stereocenters. The molecule has 0 saturated carbocycles. The lowest BCUT2D eigenvalue weighted by atomic mass is 10.1. The minimum absolute atomic E-state index is 0.259. The minimum Gasteiger partial charge on any atom is -0.377 e. The van der Waals surface area contributed by atoms with E-state index in [9.17, 15) is 13.2 Å². The van der Waals surface area contributed by atoms with Gasteiger partial charge in [0, 0.05) is 19.2 Å². The fraction of sp³-hybridized carbons (Fsp3) is 0.500. The first kappa shape index (κ1) is 20.8. The SMILES string of the molecule is CCNC(=NCC(C)(C)OC)NCC#Cc1cccc(C(F)(F)F)c1. The molecule has 138 valence electrons. The number of nitrogens with one attached hydrogen (secondary N) is 2. The van der Waals surface area contributed by atoms with Crippen molar-refractivity contribution in [3.63, 3.8) is 0 Å². The molecule has 0 saturated heterocycles. The Bertz CT molecular complexity index is 643. The van der Waals surface area contributed by atoms with Crippen LogP contribution in [0.1, 0.15) is 31.9 Å². The highest BCUT2D eigenvalue weighted by Crippen LogP contribution is 2.29. The van der Waals surface area contributed by atoms with E-state index in [0.717, 1.165) is 12.1 Å². The Kier molecular flexibility index (Phi) is 7.78. The van der Waals surface area contributed by atoms with Crippen LogP contribution in [0.2, 0.25) is 0 Å². The summed E-state index contributed by atoms with van der Waals surface area (Å²) in [5.41, 5.74) is -0.769. The lowest BCUT2D eigenvalue weighted by molar-refractivity contribution is -0.137. The van der Waals surface area contributed by atoms with Crippen molar-refractivity contribution < 1.29 is 17.9 Å². The zero-order chi connectivity index (χ0) is 18.9. The van der Waals surface area contributed by atoms with Gasteiger partial charge in [0.25, 0.3) is 0 Å². The van der Waals surface area contributed by atoms with E-state index >= 15 is 0 Å². The predicted octanol–water partition coefficient (Wildman–Crippen LogP) is 3.04. The van der Waals surface area contributed by atoms with E-state index < -0.39 is 11.7 Å². The van der Waals surface area contributed by atoms with Crippen molar-refractivity contribution in [2.75, 3.05) is 26.7 Å². The van der Waals surface area contributed by atoms with Gasteiger partial charge in [-0.25, -0.2) is 0 Å². The Morgan fingerprint density at radius 1 is 1.24 bits per heavy atom. The number of aliphatic imine (C=N–C) groups is 1. The zero-order valence-electron chi connectivity index (χ0n) is 14.9. The largest absolute Gasteiger partial charge is 0.416 e. The van der Waals surface area contributed by atoms with Crippen LogP contribution in [0.15, 0.2) is 29.3 Å². The van der Waals surface area contributed by atoms with Gasteiger partial charge in [-0.15, -0.1) is 0 Å². The van der Waals surface area contributed by atoms with Gasteiger partial charge in [0.2, 0.25) is 0 Å². The van der Waals surface area contributed by atoms with Gasteiger partial charge in [0.1, 0.15) is 0 Å². The molecule has 0 spiro atoms. The maximum absolute atomic E-state index is 12.7. The number of alkyl halides is 3. The summed E-state index contributed by atoms with van der Waals surface area (Å²) in [6.45, 7) is 7.18. The highest BCUT2D eigenvalue weighted by atomic mass is 19.4. The topological polar surface area (TPSA) is 45.7 Å². The Balaban J connectivity index is 2.68. The van der Waals surface area contributed by atoms with E-state index in [1.54, 1.807) is 13.2 Å². The number of methoxy groups -OCH3 is 1. The molecule has 25 heavy (non-hydrogen) atoms. The standard InChI is InChI=1S/C18H24F3N3O/c1-5-22-16(24-13-17(2,3)25-4)23-11-7-9-14-8-6-10-15(12-14)18(19,20)21/h6,8,10,12H,5,11,13H2,1-4H3,(H2,22,23,24). The van der Waals surface area contributed by atoms with Gasteiger partial charge >= 0.3 is 6.18 Å². The van der Waals surface area contributed by atoms with Crippen LogP contribution in [-0.4, -0.2) is 38.3 Å². The van der Waals surface area contributed by atoms with Crippen molar-refractivity contribution in [1.29, 1.82) is 0 Å². The number of rotatable bonds is 5. The van der Waals surface area contributed by atoms with Crippen molar-refractivity contribution in [2.45, 2.75) is 32.5 Å². The molecule has 0 aliphatic rings. The first-order chi connectivity index (χ1) is 11.7. The summed E-state index contributed by atoms with van der Waals surface area (Å²) in [5.74, 6) is 6.09. The van der Waals surface area contributed by atoms with Crippen molar-refractivity contribution in [1.82, 2.24) is 10.6 Å². The van der Waals surface area contributed by atoms with Crippen LogP contribution in [0, 0.1) is 11.8 Å². The molecule has 0 heterocycles. The fourth-order valence-corrected chi connectivity index (χ4v) is 1.72. The van der Waals surface area contributed by atoms with Crippen LogP contribution >= 0.6 is 0 Å². The summed E-state index contributed by atoms with van der Waals surface area (Å²) in [4.78, 5) is 4.40. The molecule has 1 aromatic rings. The number of hydrogen-bond donors (Lipinski definition) is 2. The maximum Gasteiger partial charge on any atom is 0.416 e. The lowest BCUT2D eigenvalue weighted by Gasteiger charge is -2.21. The second kappa shape index (κ2) is 9.33. The third kappa shape index (κ3) is 7.94. The number of ether oxygens (including phenoxy) is 1. The molecule has 0 aliphatic carbocycles. The molecule has 0 bridgehead atoms. The average Bonchev–Trinajstić information content (AvgIpc) is 2.56. The Morgan fingerprint density at radius 2 is 1.96 bits per heavy atom. The quantitative estimate of drug-likeness (QED) is 0.485. The average molecular weight is 355 g/mol. The molecule has 0 amide bonds. The van der Waals surface area contributed by atoms with Crippen molar-refractivity contribution >= 4 is 5.96 Å². The molecule has 0 aromatic heterocycles. The van der Waals surface area contributed by atoms with E-state index in [1.165, 1.54) is 6.07 Å². The monoisotopic (exact) mass is 355 g/mol. The second-order valence-corrected chi connectivity index (χ2v) is 5.89. The highest BCUT2D eigenvalue weighted by molar-refractivity contribution is 5.80. The third-order valence-corrected chi connectivity index (χ3v) is 3.28.